The summed E-state index contributed by atoms with van der Waals surface area (Å²) in [6.45, 7) is -0.0702. The fourth-order valence-corrected chi connectivity index (χ4v) is 5.44. The van der Waals surface area contributed by atoms with Gasteiger partial charge in [-0.25, -0.2) is 4.79 Å². The van der Waals surface area contributed by atoms with Crippen molar-refractivity contribution in [2.75, 3.05) is 13.2 Å². The summed E-state index contributed by atoms with van der Waals surface area (Å²) in [7, 11) is 0. The Morgan fingerprint density at radius 3 is 2.53 bits per heavy atom. The number of hydrogen-bond donors (Lipinski definition) is 3. The molecule has 6 heteroatoms. The van der Waals surface area contributed by atoms with Crippen LogP contribution in [-0.2, 0) is 9.53 Å². The maximum Gasteiger partial charge on any atom is 0.329 e. The first kappa shape index (κ1) is 23.3. The van der Waals surface area contributed by atoms with Gasteiger partial charge in [-0.3, -0.25) is 0 Å². The zero-order valence-corrected chi connectivity index (χ0v) is 18.1. The summed E-state index contributed by atoms with van der Waals surface area (Å²) < 4.78 is 5.01. The molecule has 0 amide bonds. The van der Waals surface area contributed by atoms with E-state index in [0.717, 1.165) is 24.0 Å². The largest absolute Gasteiger partial charge is 0.480 e. The fraction of sp³-hybridized carbons (Fsp3) is 0.625. The van der Waals surface area contributed by atoms with E-state index in [0.29, 0.717) is 18.8 Å². The lowest BCUT2D eigenvalue weighted by atomic mass is 9.81. The van der Waals surface area contributed by atoms with Gasteiger partial charge in [-0.1, -0.05) is 55.7 Å². The van der Waals surface area contributed by atoms with E-state index in [1.54, 1.807) is 6.08 Å². The number of carboxylic acid groups (broad SMARTS) is 1. The second kappa shape index (κ2) is 11.3. The average molecular weight is 437 g/mol. The second-order valence-corrected chi connectivity index (χ2v) is 9.19. The van der Waals surface area contributed by atoms with Gasteiger partial charge < -0.3 is 20.1 Å². The highest BCUT2D eigenvalue weighted by Gasteiger charge is 2.41. The number of aliphatic carboxylic acids is 1. The molecule has 0 heterocycles. The number of aliphatic hydroxyl groups is 2. The number of alkyl halides is 1. The summed E-state index contributed by atoms with van der Waals surface area (Å²) in [5, 5.41) is 29.8. The molecular weight excluding hydrogens is 404 g/mol. The summed E-state index contributed by atoms with van der Waals surface area (Å²) in [6, 6.07) is 8.04. The lowest BCUT2D eigenvalue weighted by Crippen LogP contribution is -2.19. The van der Waals surface area contributed by atoms with E-state index >= 15 is 0 Å². The van der Waals surface area contributed by atoms with Crippen LogP contribution >= 0.6 is 11.6 Å². The third-order valence-corrected chi connectivity index (χ3v) is 7.08. The number of allylic oxidation sites excluding steroid dienone is 1. The molecule has 1 unspecified atom stereocenters. The number of carboxylic acids is 1. The average Bonchev–Trinajstić information content (AvgIpc) is 3.03. The van der Waals surface area contributed by atoms with E-state index < -0.39 is 18.2 Å². The van der Waals surface area contributed by atoms with Crippen molar-refractivity contribution in [3.63, 3.8) is 0 Å². The topological polar surface area (TPSA) is 87.0 Å². The summed E-state index contributed by atoms with van der Waals surface area (Å²) in [5.41, 5.74) is 2.00. The molecule has 0 radical (unpaired) electrons. The zero-order chi connectivity index (χ0) is 21.5. The predicted octanol–water partition coefficient (Wildman–Crippen LogP) is 4.42. The number of aliphatic hydroxyl groups excluding tert-OH is 2. The lowest BCUT2D eigenvalue weighted by molar-refractivity contribution is -0.141. The van der Waals surface area contributed by atoms with Gasteiger partial charge in [0.15, 0.2) is 0 Å². The molecule has 0 spiro atoms. The van der Waals surface area contributed by atoms with Gasteiger partial charge in [-0.05, 0) is 48.6 Å². The van der Waals surface area contributed by atoms with Gasteiger partial charge >= 0.3 is 5.97 Å². The van der Waals surface area contributed by atoms with E-state index in [9.17, 15) is 15.0 Å². The summed E-state index contributed by atoms with van der Waals surface area (Å²) in [4.78, 5) is 10.5. The van der Waals surface area contributed by atoms with Crippen molar-refractivity contribution in [2.45, 2.75) is 68.4 Å². The van der Waals surface area contributed by atoms with Crippen LogP contribution in [0.15, 0.2) is 36.4 Å². The van der Waals surface area contributed by atoms with Gasteiger partial charge in [0.05, 0.1) is 18.8 Å². The molecular formula is C24H33ClO5. The van der Waals surface area contributed by atoms with Crippen LogP contribution in [0, 0.1) is 11.8 Å². The third-order valence-electron chi connectivity index (χ3n) is 6.58. The van der Waals surface area contributed by atoms with E-state index in [1.807, 2.05) is 30.3 Å². The van der Waals surface area contributed by atoms with Crippen LogP contribution in [0.4, 0.5) is 0 Å². The molecule has 30 heavy (non-hydrogen) atoms. The lowest BCUT2D eigenvalue weighted by Gasteiger charge is -2.27. The molecule has 2 aliphatic rings. The van der Waals surface area contributed by atoms with Crippen molar-refractivity contribution >= 4 is 17.6 Å². The van der Waals surface area contributed by atoms with Gasteiger partial charge in [0, 0.05) is 11.3 Å². The van der Waals surface area contributed by atoms with E-state index in [2.05, 4.69) is 0 Å². The van der Waals surface area contributed by atoms with Crippen molar-refractivity contribution in [3.05, 3.63) is 47.5 Å². The third kappa shape index (κ3) is 6.07. The number of halogens is 1. The van der Waals surface area contributed by atoms with Crippen LogP contribution in [-0.4, -0.2) is 46.0 Å². The minimum atomic E-state index is -0.986. The van der Waals surface area contributed by atoms with Crippen molar-refractivity contribution in [3.8, 4) is 0 Å². The van der Waals surface area contributed by atoms with E-state index in [4.69, 9.17) is 21.4 Å². The molecule has 166 valence electrons. The quantitative estimate of drug-likeness (QED) is 0.303. The van der Waals surface area contributed by atoms with Crippen molar-refractivity contribution in [1.82, 2.24) is 0 Å². The highest BCUT2D eigenvalue weighted by atomic mass is 35.5. The molecule has 2 saturated carbocycles. The first-order valence-corrected chi connectivity index (χ1v) is 11.5. The molecule has 0 saturated heterocycles. The Hall–Kier alpha value is -1.40. The first-order chi connectivity index (χ1) is 14.5. The molecule has 2 aliphatic carbocycles. The van der Waals surface area contributed by atoms with Gasteiger partial charge in [0.2, 0.25) is 0 Å². The summed E-state index contributed by atoms with van der Waals surface area (Å²) in [6.07, 6.45) is 9.91. The molecule has 0 aliphatic heterocycles. The molecule has 1 aromatic carbocycles. The van der Waals surface area contributed by atoms with Gasteiger partial charge in [0.1, 0.15) is 6.61 Å². The Morgan fingerprint density at radius 1 is 1.17 bits per heavy atom. The standard InChI is InChI=1S/C24H33ClO5/c25-20-14-21(26)23(19(20)8-4-5-13-30-15-22(27)28)16-9-11-18(12-10-16)24(29)17-6-2-1-3-7-17/h4-5,9-12,17,19-21,23-24,26,29H,1-3,6-8,13-15H2,(H,27,28)/t19-,20+,21+,23+,24?/m0/s1. The zero-order valence-electron chi connectivity index (χ0n) is 17.3. The first-order valence-electron chi connectivity index (χ1n) is 11.0. The number of carbonyl (C=O) groups is 1. The van der Waals surface area contributed by atoms with E-state index in [1.165, 1.54) is 19.3 Å². The van der Waals surface area contributed by atoms with Gasteiger partial charge in [0.25, 0.3) is 0 Å². The highest BCUT2D eigenvalue weighted by molar-refractivity contribution is 6.21. The number of benzene rings is 1. The van der Waals surface area contributed by atoms with Crippen molar-refractivity contribution in [1.29, 1.82) is 0 Å². The predicted molar refractivity (Wildman–Crippen MR) is 117 cm³/mol. The van der Waals surface area contributed by atoms with Gasteiger partial charge in [-0.15, -0.1) is 11.6 Å². The molecule has 0 aromatic heterocycles. The van der Waals surface area contributed by atoms with Crippen LogP contribution in [0.1, 0.15) is 68.1 Å². The SMILES string of the molecule is O=C(O)COCC=CC[C@@H]1[C@@H](c2ccc(C(O)C3CCCCC3)cc2)[C@H](O)C[C@H]1Cl. The second-order valence-electron chi connectivity index (χ2n) is 8.63. The molecule has 3 rings (SSSR count). The Bertz CT molecular complexity index is 698. The maximum atomic E-state index is 10.7. The smallest absolute Gasteiger partial charge is 0.329 e. The maximum absolute atomic E-state index is 10.7. The minimum Gasteiger partial charge on any atom is -0.480 e. The molecule has 3 N–H and O–H groups in total. The normalized spacial score (nSPS) is 28.8. The summed E-state index contributed by atoms with van der Waals surface area (Å²) >= 11 is 6.54. The van der Waals surface area contributed by atoms with Crippen LogP contribution in [0.2, 0.25) is 0 Å². The van der Waals surface area contributed by atoms with Crippen LogP contribution in [0.3, 0.4) is 0 Å². The number of rotatable bonds is 9. The molecule has 5 atom stereocenters. The highest BCUT2D eigenvalue weighted by Crippen LogP contribution is 2.45. The fourth-order valence-electron chi connectivity index (χ4n) is 5.00. The monoisotopic (exact) mass is 436 g/mol. The van der Waals surface area contributed by atoms with Crippen LogP contribution in [0.5, 0.6) is 0 Å². The van der Waals surface area contributed by atoms with Crippen molar-refractivity contribution < 1.29 is 24.9 Å². The van der Waals surface area contributed by atoms with Crippen LogP contribution in [0.25, 0.3) is 0 Å². The number of hydrogen-bond acceptors (Lipinski definition) is 4. The number of ether oxygens (including phenoxy) is 1. The minimum absolute atomic E-state index is 0.0574. The van der Waals surface area contributed by atoms with Gasteiger partial charge in [-0.2, -0.15) is 0 Å². The van der Waals surface area contributed by atoms with Crippen LogP contribution < -0.4 is 0 Å². The van der Waals surface area contributed by atoms with Crippen molar-refractivity contribution in [2.24, 2.45) is 11.8 Å². The molecule has 5 nitrogen and oxygen atoms in total. The Balaban J connectivity index is 1.61. The molecule has 2 fully saturated rings. The summed E-state index contributed by atoms with van der Waals surface area (Å²) in [5.74, 6) is -0.611. The van der Waals surface area contributed by atoms with E-state index in [-0.39, 0.29) is 30.4 Å². The Kier molecular flexibility index (Phi) is 8.75. The Morgan fingerprint density at radius 2 is 1.87 bits per heavy atom. The Labute approximate surface area is 183 Å². The molecule has 1 aromatic rings. The molecule has 0 bridgehead atoms.